The summed E-state index contributed by atoms with van der Waals surface area (Å²) in [5.41, 5.74) is 0.559. The minimum atomic E-state index is -1.05. The standard InChI is InChI=1S/C18H25NO8/c1-11(2)15(20)24-8-7-19-18(23)27-14(9-25-16(21)12(3)4)10-26-17(22)13(5)6/h14H,1,3,5,7-10H2,2,4,6H3,(H,19,23). The van der Waals surface area contributed by atoms with Crippen molar-refractivity contribution in [2.24, 2.45) is 0 Å². The first-order valence-electron chi connectivity index (χ1n) is 7.97. The minimum Gasteiger partial charge on any atom is -0.460 e. The van der Waals surface area contributed by atoms with Crippen LogP contribution in [0.4, 0.5) is 4.79 Å². The van der Waals surface area contributed by atoms with Gasteiger partial charge in [0, 0.05) is 16.7 Å². The Kier molecular flexibility index (Phi) is 10.9. The Morgan fingerprint density at radius 3 is 1.59 bits per heavy atom. The number of nitrogens with one attached hydrogen (secondary N) is 1. The zero-order valence-electron chi connectivity index (χ0n) is 15.8. The molecule has 1 N–H and O–H groups in total. The van der Waals surface area contributed by atoms with E-state index in [0.29, 0.717) is 0 Å². The molecule has 0 saturated heterocycles. The van der Waals surface area contributed by atoms with Crippen LogP contribution in [0.25, 0.3) is 0 Å². The number of esters is 3. The SMILES string of the molecule is C=C(C)C(=O)OCCNC(=O)OC(COC(=O)C(=C)C)COC(=O)C(=C)C. The lowest BCUT2D eigenvalue weighted by molar-refractivity contribution is -0.147. The van der Waals surface area contributed by atoms with Gasteiger partial charge in [-0.25, -0.2) is 19.2 Å². The first-order chi connectivity index (χ1) is 12.5. The molecule has 150 valence electrons. The van der Waals surface area contributed by atoms with E-state index in [2.05, 4.69) is 25.1 Å². The van der Waals surface area contributed by atoms with E-state index in [-0.39, 0.29) is 43.1 Å². The Labute approximate surface area is 158 Å². The number of hydrogen-bond acceptors (Lipinski definition) is 8. The molecule has 0 aliphatic heterocycles. The fourth-order valence-corrected chi connectivity index (χ4v) is 1.31. The first-order valence-corrected chi connectivity index (χ1v) is 7.97. The van der Waals surface area contributed by atoms with Gasteiger partial charge in [0.25, 0.3) is 0 Å². The smallest absolute Gasteiger partial charge is 0.407 e. The van der Waals surface area contributed by atoms with Crippen LogP contribution in [0.5, 0.6) is 0 Å². The Balaban J connectivity index is 4.50. The van der Waals surface area contributed by atoms with Gasteiger partial charge >= 0.3 is 24.0 Å². The summed E-state index contributed by atoms with van der Waals surface area (Å²) in [5.74, 6) is -1.94. The van der Waals surface area contributed by atoms with Gasteiger partial charge in [0.15, 0.2) is 6.10 Å². The highest BCUT2D eigenvalue weighted by atomic mass is 16.6. The predicted molar refractivity (Wildman–Crippen MR) is 95.6 cm³/mol. The maximum absolute atomic E-state index is 11.8. The molecule has 9 nitrogen and oxygen atoms in total. The molecule has 0 saturated carbocycles. The number of rotatable bonds is 11. The second-order valence-electron chi connectivity index (χ2n) is 5.63. The third-order valence-corrected chi connectivity index (χ3v) is 2.72. The van der Waals surface area contributed by atoms with Crippen molar-refractivity contribution < 1.29 is 38.1 Å². The second kappa shape index (κ2) is 12.3. The van der Waals surface area contributed by atoms with Crippen LogP contribution >= 0.6 is 0 Å². The van der Waals surface area contributed by atoms with Crippen molar-refractivity contribution in [3.05, 3.63) is 36.5 Å². The van der Waals surface area contributed by atoms with Gasteiger partial charge in [-0.15, -0.1) is 0 Å². The van der Waals surface area contributed by atoms with E-state index in [1.807, 2.05) is 0 Å². The number of carbonyl (C=O) groups excluding carboxylic acids is 4. The van der Waals surface area contributed by atoms with Gasteiger partial charge in [0.05, 0.1) is 6.54 Å². The van der Waals surface area contributed by atoms with Crippen molar-refractivity contribution in [3.63, 3.8) is 0 Å². The third kappa shape index (κ3) is 11.2. The molecule has 0 unspecified atom stereocenters. The average Bonchev–Trinajstić information content (AvgIpc) is 2.59. The Bertz CT molecular complexity index is 593. The molecule has 0 fully saturated rings. The van der Waals surface area contributed by atoms with E-state index in [0.717, 1.165) is 0 Å². The van der Waals surface area contributed by atoms with Crippen molar-refractivity contribution in [2.75, 3.05) is 26.4 Å². The molecule has 0 radical (unpaired) electrons. The van der Waals surface area contributed by atoms with Crippen LogP contribution in [-0.2, 0) is 33.3 Å². The van der Waals surface area contributed by atoms with Gasteiger partial charge in [0.2, 0.25) is 0 Å². The summed E-state index contributed by atoms with van der Waals surface area (Å²) in [6.45, 7) is 13.9. The molecule has 0 heterocycles. The van der Waals surface area contributed by atoms with Gasteiger partial charge in [-0.3, -0.25) is 0 Å². The molecule has 0 aliphatic rings. The molecule has 0 aromatic heterocycles. The first kappa shape index (κ1) is 23.9. The zero-order chi connectivity index (χ0) is 21.0. The van der Waals surface area contributed by atoms with Crippen LogP contribution in [0.1, 0.15) is 20.8 Å². The zero-order valence-corrected chi connectivity index (χ0v) is 15.8. The molecule has 0 bridgehead atoms. The summed E-state index contributed by atoms with van der Waals surface area (Å²) >= 11 is 0. The highest BCUT2D eigenvalue weighted by Gasteiger charge is 2.20. The number of hydrogen-bond donors (Lipinski definition) is 1. The molecular weight excluding hydrogens is 358 g/mol. The number of ether oxygens (including phenoxy) is 4. The third-order valence-electron chi connectivity index (χ3n) is 2.72. The van der Waals surface area contributed by atoms with E-state index in [4.69, 9.17) is 18.9 Å². The monoisotopic (exact) mass is 383 g/mol. The molecule has 0 spiro atoms. The molecular formula is C18H25NO8. The topological polar surface area (TPSA) is 117 Å². The molecule has 9 heteroatoms. The van der Waals surface area contributed by atoms with Gasteiger partial charge in [0.1, 0.15) is 19.8 Å². The number of alkyl carbamates (subject to hydrolysis) is 1. The van der Waals surface area contributed by atoms with Crippen molar-refractivity contribution in [2.45, 2.75) is 26.9 Å². The minimum absolute atomic E-state index is 0.0122. The molecule has 0 atom stereocenters. The number of carbonyl (C=O) groups is 4. The van der Waals surface area contributed by atoms with E-state index < -0.39 is 30.1 Å². The summed E-state index contributed by atoms with van der Waals surface area (Å²) < 4.78 is 19.7. The molecule has 0 aromatic rings. The van der Waals surface area contributed by atoms with E-state index in [1.165, 1.54) is 20.8 Å². The maximum atomic E-state index is 11.8. The largest absolute Gasteiger partial charge is 0.460 e. The fourth-order valence-electron chi connectivity index (χ4n) is 1.31. The lowest BCUT2D eigenvalue weighted by atomic mass is 10.3. The predicted octanol–water partition coefficient (Wildman–Crippen LogP) is 1.44. The normalized spacial score (nSPS) is 9.78. The summed E-state index contributed by atoms with van der Waals surface area (Å²) in [7, 11) is 0. The lowest BCUT2D eigenvalue weighted by Gasteiger charge is -2.18. The maximum Gasteiger partial charge on any atom is 0.407 e. The van der Waals surface area contributed by atoms with Crippen molar-refractivity contribution in [1.29, 1.82) is 0 Å². The van der Waals surface area contributed by atoms with Crippen molar-refractivity contribution in [3.8, 4) is 0 Å². The Hall–Kier alpha value is -3.10. The van der Waals surface area contributed by atoms with Crippen LogP contribution in [0.3, 0.4) is 0 Å². The van der Waals surface area contributed by atoms with Crippen molar-refractivity contribution >= 4 is 24.0 Å². The summed E-state index contributed by atoms with van der Waals surface area (Å²) in [6, 6.07) is 0. The average molecular weight is 383 g/mol. The van der Waals surface area contributed by atoms with Gasteiger partial charge in [-0.2, -0.15) is 0 Å². The van der Waals surface area contributed by atoms with Crippen LogP contribution in [0.2, 0.25) is 0 Å². The van der Waals surface area contributed by atoms with Gasteiger partial charge in [-0.05, 0) is 20.8 Å². The number of amides is 1. The second-order valence-corrected chi connectivity index (χ2v) is 5.63. The summed E-state index contributed by atoms with van der Waals surface area (Å²) in [6.07, 6.45) is -1.92. The lowest BCUT2D eigenvalue weighted by Crippen LogP contribution is -2.36. The summed E-state index contributed by atoms with van der Waals surface area (Å²) in [4.78, 5) is 45.9. The van der Waals surface area contributed by atoms with E-state index in [9.17, 15) is 19.2 Å². The molecule has 0 rings (SSSR count). The molecule has 1 amide bonds. The van der Waals surface area contributed by atoms with Crippen LogP contribution in [-0.4, -0.2) is 56.5 Å². The molecule has 0 aromatic carbocycles. The summed E-state index contributed by atoms with van der Waals surface area (Å²) in [5, 5.41) is 2.34. The van der Waals surface area contributed by atoms with Gasteiger partial charge < -0.3 is 24.3 Å². The Morgan fingerprint density at radius 2 is 1.19 bits per heavy atom. The molecule has 27 heavy (non-hydrogen) atoms. The van der Waals surface area contributed by atoms with E-state index >= 15 is 0 Å². The fraction of sp³-hybridized carbons (Fsp3) is 0.444. The van der Waals surface area contributed by atoms with Crippen LogP contribution < -0.4 is 5.32 Å². The highest BCUT2D eigenvalue weighted by molar-refractivity contribution is 5.87. The highest BCUT2D eigenvalue weighted by Crippen LogP contribution is 2.02. The quantitative estimate of drug-likeness (QED) is 0.246. The molecule has 0 aliphatic carbocycles. The van der Waals surface area contributed by atoms with Crippen LogP contribution in [0, 0.1) is 0 Å². The van der Waals surface area contributed by atoms with Gasteiger partial charge in [-0.1, -0.05) is 19.7 Å². The Morgan fingerprint density at radius 1 is 0.778 bits per heavy atom. The van der Waals surface area contributed by atoms with E-state index in [1.54, 1.807) is 0 Å². The van der Waals surface area contributed by atoms with Crippen molar-refractivity contribution in [1.82, 2.24) is 5.32 Å². The van der Waals surface area contributed by atoms with Crippen LogP contribution in [0.15, 0.2) is 36.5 Å².